The molecule has 5 unspecified atom stereocenters. The number of amides is 5. The maximum absolute atomic E-state index is 14.1. The van der Waals surface area contributed by atoms with E-state index in [9.17, 15) is 24.0 Å². The van der Waals surface area contributed by atoms with Gasteiger partial charge in [-0.25, -0.2) is 4.79 Å². The molecule has 5 atom stereocenters. The summed E-state index contributed by atoms with van der Waals surface area (Å²) in [6.07, 6.45) is 4.18. The monoisotopic (exact) mass is 533 g/mol. The molecule has 1 heterocycles. The van der Waals surface area contributed by atoms with Gasteiger partial charge in [-0.3, -0.25) is 19.2 Å². The second-order valence-electron chi connectivity index (χ2n) is 14.4. The van der Waals surface area contributed by atoms with Crippen molar-refractivity contribution in [1.82, 2.24) is 20.9 Å². The molecule has 1 aliphatic heterocycles. The van der Waals surface area contributed by atoms with Gasteiger partial charge in [0, 0.05) is 12.1 Å². The van der Waals surface area contributed by atoms with Crippen LogP contribution in [-0.2, 0) is 19.2 Å². The minimum absolute atomic E-state index is 0.0940. The van der Waals surface area contributed by atoms with Crippen molar-refractivity contribution < 1.29 is 24.0 Å². The Balaban J connectivity index is 1.87. The predicted molar refractivity (Wildman–Crippen MR) is 144 cm³/mol. The number of rotatable bonds is 8. The average Bonchev–Trinajstić information content (AvgIpc) is 3.05. The smallest absolute Gasteiger partial charge is 0.315 e. The molecular weight excluding hydrogens is 486 g/mol. The maximum Gasteiger partial charge on any atom is 0.315 e. The summed E-state index contributed by atoms with van der Waals surface area (Å²) in [5, 5.41) is 8.50. The van der Waals surface area contributed by atoms with Crippen LogP contribution in [-0.4, -0.2) is 64.6 Å². The zero-order valence-corrected chi connectivity index (χ0v) is 24.3. The standard InChI is InChI=1S/C28H47N5O5/c1-26(2,3)21(31-25(38)32-27(4,5)6)24(37)33-14-16-13-28(7,8)18(16)19(33)23(36)30-17(20(34)22(29)35)12-15-10-9-11-15/h15-19,21H,9-14H2,1-8H3,(H2,29,35)(H,30,36)(H2,31,32,38). The van der Waals surface area contributed by atoms with Crippen LogP contribution in [0.2, 0.25) is 0 Å². The summed E-state index contributed by atoms with van der Waals surface area (Å²) in [7, 11) is 0. The van der Waals surface area contributed by atoms with Gasteiger partial charge in [0.05, 0.1) is 6.04 Å². The molecule has 0 spiro atoms. The molecule has 214 valence electrons. The van der Waals surface area contributed by atoms with Crippen molar-refractivity contribution in [3.63, 3.8) is 0 Å². The third kappa shape index (κ3) is 6.49. The number of nitrogens with two attached hydrogens (primary N) is 1. The minimum Gasteiger partial charge on any atom is -0.363 e. The van der Waals surface area contributed by atoms with Crippen molar-refractivity contribution in [2.75, 3.05) is 6.54 Å². The van der Waals surface area contributed by atoms with Gasteiger partial charge in [0.1, 0.15) is 12.1 Å². The van der Waals surface area contributed by atoms with Crippen molar-refractivity contribution in [3.8, 4) is 0 Å². The first kappa shape index (κ1) is 29.9. The zero-order chi connectivity index (χ0) is 28.8. The number of hydrogen-bond donors (Lipinski definition) is 4. The van der Waals surface area contributed by atoms with Gasteiger partial charge in [0.2, 0.25) is 17.6 Å². The Labute approximate surface area is 226 Å². The molecule has 10 heteroatoms. The molecule has 0 radical (unpaired) electrons. The summed E-state index contributed by atoms with van der Waals surface area (Å²) in [4.78, 5) is 66.6. The Morgan fingerprint density at radius 1 is 1.00 bits per heavy atom. The van der Waals surface area contributed by atoms with E-state index in [1.807, 2.05) is 41.5 Å². The van der Waals surface area contributed by atoms with Gasteiger partial charge < -0.3 is 26.6 Å². The summed E-state index contributed by atoms with van der Waals surface area (Å²) in [6, 6.07) is -3.14. The van der Waals surface area contributed by atoms with Gasteiger partial charge in [0.15, 0.2) is 0 Å². The highest BCUT2D eigenvalue weighted by molar-refractivity contribution is 6.37. The molecule has 3 rings (SSSR count). The fourth-order valence-corrected chi connectivity index (χ4v) is 6.42. The fourth-order valence-electron chi connectivity index (χ4n) is 6.42. The van der Waals surface area contributed by atoms with Crippen LogP contribution in [0.5, 0.6) is 0 Å². The predicted octanol–water partition coefficient (Wildman–Crippen LogP) is 2.10. The van der Waals surface area contributed by atoms with Crippen LogP contribution in [0.1, 0.15) is 87.5 Å². The van der Waals surface area contributed by atoms with Crippen LogP contribution in [0.15, 0.2) is 0 Å². The second-order valence-corrected chi connectivity index (χ2v) is 14.4. The fraction of sp³-hybridized carbons (Fsp3) is 0.821. The summed E-state index contributed by atoms with van der Waals surface area (Å²) in [6.45, 7) is 15.7. The lowest BCUT2D eigenvalue weighted by atomic mass is 9.55. The Morgan fingerprint density at radius 2 is 1.61 bits per heavy atom. The highest BCUT2D eigenvalue weighted by atomic mass is 16.2. The first-order valence-electron chi connectivity index (χ1n) is 13.8. The highest BCUT2D eigenvalue weighted by Gasteiger charge is 2.61. The SMILES string of the molecule is CC(C)(C)NC(=O)NC(C(=O)N1CC2CC(C)(C)C2C1C(=O)NC(CC1CCC1)C(=O)C(N)=O)C(C)(C)C. The summed E-state index contributed by atoms with van der Waals surface area (Å²) in [5.41, 5.74) is 4.02. The van der Waals surface area contributed by atoms with E-state index in [1.54, 1.807) is 4.90 Å². The highest BCUT2D eigenvalue weighted by Crippen LogP contribution is 2.57. The molecule has 38 heavy (non-hydrogen) atoms. The molecule has 2 aliphatic carbocycles. The molecule has 0 aromatic heterocycles. The van der Waals surface area contributed by atoms with Crippen molar-refractivity contribution in [2.24, 2.45) is 34.3 Å². The number of fused-ring (bicyclic) bond motifs is 1. The van der Waals surface area contributed by atoms with E-state index in [-0.39, 0.29) is 29.1 Å². The number of ketones is 1. The molecular formula is C28H47N5O5. The van der Waals surface area contributed by atoms with Gasteiger partial charge in [-0.05, 0) is 62.2 Å². The normalized spacial score (nSPS) is 26.2. The average molecular weight is 534 g/mol. The Morgan fingerprint density at radius 3 is 2.05 bits per heavy atom. The summed E-state index contributed by atoms with van der Waals surface area (Å²) < 4.78 is 0. The zero-order valence-electron chi connectivity index (χ0n) is 24.3. The van der Waals surface area contributed by atoms with E-state index < -0.39 is 52.7 Å². The number of carbonyl (C=O) groups is 5. The molecule has 10 nitrogen and oxygen atoms in total. The van der Waals surface area contributed by atoms with Gasteiger partial charge in [-0.2, -0.15) is 0 Å². The number of nitrogens with zero attached hydrogens (tertiary/aromatic N) is 1. The lowest BCUT2D eigenvalue weighted by molar-refractivity contribution is -0.145. The minimum atomic E-state index is -1.07. The maximum atomic E-state index is 14.1. The van der Waals surface area contributed by atoms with Crippen molar-refractivity contribution in [3.05, 3.63) is 0 Å². The van der Waals surface area contributed by atoms with Crippen molar-refractivity contribution in [1.29, 1.82) is 0 Å². The third-order valence-electron chi connectivity index (χ3n) is 8.40. The van der Waals surface area contributed by atoms with Crippen LogP contribution >= 0.6 is 0 Å². The molecule has 0 aromatic rings. The topological polar surface area (TPSA) is 151 Å². The van der Waals surface area contributed by atoms with Gasteiger partial charge in [0.25, 0.3) is 5.91 Å². The van der Waals surface area contributed by atoms with E-state index in [0.29, 0.717) is 13.0 Å². The quantitative estimate of drug-likeness (QED) is 0.352. The number of urea groups is 1. The molecule has 0 bridgehead atoms. The molecule has 5 N–H and O–H groups in total. The van der Waals surface area contributed by atoms with Crippen LogP contribution in [0.3, 0.4) is 0 Å². The molecule has 0 aromatic carbocycles. The van der Waals surface area contributed by atoms with Crippen molar-refractivity contribution >= 4 is 29.5 Å². The number of Topliss-reactive ketones (excluding diaryl/α,β-unsaturated/α-hetero) is 1. The summed E-state index contributed by atoms with van der Waals surface area (Å²) in [5.74, 6) is -2.34. The Bertz CT molecular complexity index is 975. The number of nitrogens with one attached hydrogen (secondary N) is 3. The van der Waals surface area contributed by atoms with E-state index in [4.69, 9.17) is 5.73 Å². The van der Waals surface area contributed by atoms with E-state index in [0.717, 1.165) is 25.7 Å². The van der Waals surface area contributed by atoms with Crippen molar-refractivity contribution in [2.45, 2.75) is 111 Å². The number of hydrogen-bond acceptors (Lipinski definition) is 5. The summed E-state index contributed by atoms with van der Waals surface area (Å²) >= 11 is 0. The van der Waals surface area contributed by atoms with E-state index in [1.165, 1.54) is 0 Å². The second kappa shape index (κ2) is 10.5. The van der Waals surface area contributed by atoms with Crippen LogP contribution in [0.4, 0.5) is 4.79 Å². The first-order valence-corrected chi connectivity index (χ1v) is 13.8. The van der Waals surface area contributed by atoms with E-state index >= 15 is 0 Å². The molecule has 3 aliphatic rings. The van der Waals surface area contributed by atoms with Crippen LogP contribution < -0.4 is 21.7 Å². The first-order chi connectivity index (χ1) is 17.3. The van der Waals surface area contributed by atoms with Gasteiger partial charge >= 0.3 is 6.03 Å². The lowest BCUT2D eigenvalue weighted by Gasteiger charge is -2.49. The van der Waals surface area contributed by atoms with Crippen LogP contribution in [0, 0.1) is 28.6 Å². The molecule has 5 amide bonds. The van der Waals surface area contributed by atoms with E-state index in [2.05, 4.69) is 29.8 Å². The number of carbonyl (C=O) groups excluding carboxylic acids is 5. The van der Waals surface area contributed by atoms with Gasteiger partial charge in [-0.15, -0.1) is 0 Å². The molecule has 3 fully saturated rings. The Hall–Kier alpha value is -2.65. The number of likely N-dealkylation sites (tertiary alicyclic amines) is 1. The molecule has 2 saturated carbocycles. The van der Waals surface area contributed by atoms with Gasteiger partial charge in [-0.1, -0.05) is 53.9 Å². The Kier molecular flexibility index (Phi) is 8.25. The molecule has 1 saturated heterocycles. The number of primary amides is 1. The lowest BCUT2D eigenvalue weighted by Crippen LogP contribution is -2.62. The largest absolute Gasteiger partial charge is 0.363 e. The third-order valence-corrected chi connectivity index (χ3v) is 8.40. The van der Waals surface area contributed by atoms with Crippen LogP contribution in [0.25, 0.3) is 0 Å².